The molecule has 2 aliphatic carbocycles. The van der Waals surface area contributed by atoms with Gasteiger partial charge in [0.25, 0.3) is 0 Å². The van der Waals surface area contributed by atoms with Gasteiger partial charge in [-0.1, -0.05) is 24.3 Å². The highest BCUT2D eigenvalue weighted by atomic mass is 16.5. The van der Waals surface area contributed by atoms with Gasteiger partial charge in [0.1, 0.15) is 0 Å². The fourth-order valence-corrected chi connectivity index (χ4v) is 3.56. The third-order valence-electron chi connectivity index (χ3n) is 4.81. The van der Waals surface area contributed by atoms with Gasteiger partial charge >= 0.3 is 0 Å². The molecular weight excluding hydrogens is 222 g/mol. The van der Waals surface area contributed by atoms with Crippen LogP contribution in [0.5, 0.6) is 0 Å². The van der Waals surface area contributed by atoms with Gasteiger partial charge in [-0.15, -0.1) is 0 Å². The van der Waals surface area contributed by atoms with Crippen molar-refractivity contribution < 1.29 is 4.74 Å². The molecule has 1 heterocycles. The predicted octanol–water partition coefficient (Wildman–Crippen LogP) is 2.48. The van der Waals surface area contributed by atoms with Gasteiger partial charge in [-0.25, -0.2) is 0 Å². The van der Waals surface area contributed by atoms with Gasteiger partial charge in [0.2, 0.25) is 0 Å². The molecule has 1 aromatic rings. The van der Waals surface area contributed by atoms with Crippen LogP contribution in [0.2, 0.25) is 0 Å². The van der Waals surface area contributed by atoms with Gasteiger partial charge in [0.15, 0.2) is 0 Å². The molecule has 1 aromatic carbocycles. The second-order valence-electron chi connectivity index (χ2n) is 6.08. The standard InChI is InChI=1S/C16H21NO/c1-2-4-14-12(3-1)9-13(14)10-17-15-7-8-18-16(15)11-5-6-11/h1-4,11,13,15-17H,5-10H2. The molecule has 3 aliphatic rings. The highest BCUT2D eigenvalue weighted by Gasteiger charge is 2.40. The molecule has 3 unspecified atom stereocenters. The zero-order chi connectivity index (χ0) is 11.9. The first-order valence-corrected chi connectivity index (χ1v) is 7.34. The van der Waals surface area contributed by atoms with Gasteiger partial charge in [-0.3, -0.25) is 0 Å². The summed E-state index contributed by atoms with van der Waals surface area (Å²) in [4.78, 5) is 0. The molecule has 0 aromatic heterocycles. The maximum absolute atomic E-state index is 5.88. The zero-order valence-electron chi connectivity index (χ0n) is 10.8. The smallest absolute Gasteiger partial charge is 0.0756 e. The number of nitrogens with one attached hydrogen (secondary N) is 1. The van der Waals surface area contributed by atoms with Crippen LogP contribution in [0.15, 0.2) is 24.3 Å². The summed E-state index contributed by atoms with van der Waals surface area (Å²) in [7, 11) is 0. The Balaban J connectivity index is 1.34. The van der Waals surface area contributed by atoms with Crippen LogP contribution in [0, 0.1) is 5.92 Å². The molecular formula is C16H21NO. The van der Waals surface area contributed by atoms with Crippen molar-refractivity contribution >= 4 is 0 Å². The largest absolute Gasteiger partial charge is 0.376 e. The van der Waals surface area contributed by atoms with Crippen molar-refractivity contribution in [2.75, 3.05) is 13.2 Å². The average Bonchev–Trinajstić information content (AvgIpc) is 3.10. The number of ether oxygens (including phenoxy) is 1. The predicted molar refractivity (Wildman–Crippen MR) is 71.8 cm³/mol. The number of hydrogen-bond donors (Lipinski definition) is 1. The van der Waals surface area contributed by atoms with E-state index in [1.807, 2.05) is 0 Å². The summed E-state index contributed by atoms with van der Waals surface area (Å²) in [5.41, 5.74) is 3.11. The van der Waals surface area contributed by atoms with E-state index in [1.54, 1.807) is 11.1 Å². The van der Waals surface area contributed by atoms with E-state index < -0.39 is 0 Å². The number of fused-ring (bicyclic) bond motifs is 1. The van der Waals surface area contributed by atoms with Crippen molar-refractivity contribution in [2.45, 2.75) is 43.7 Å². The molecule has 1 saturated heterocycles. The fourth-order valence-electron chi connectivity index (χ4n) is 3.56. The Hall–Kier alpha value is -0.860. The van der Waals surface area contributed by atoms with Crippen LogP contribution in [-0.4, -0.2) is 25.3 Å². The van der Waals surface area contributed by atoms with Crippen LogP contribution in [0.25, 0.3) is 0 Å². The lowest BCUT2D eigenvalue weighted by Crippen LogP contribution is -2.41. The summed E-state index contributed by atoms with van der Waals surface area (Å²) in [6.07, 6.45) is 5.74. The Bertz CT molecular complexity index is 440. The highest BCUT2D eigenvalue weighted by molar-refractivity contribution is 5.40. The van der Waals surface area contributed by atoms with E-state index in [1.165, 1.54) is 25.7 Å². The molecule has 0 spiro atoms. The van der Waals surface area contributed by atoms with E-state index in [9.17, 15) is 0 Å². The Kier molecular flexibility index (Phi) is 2.66. The minimum Gasteiger partial charge on any atom is -0.376 e. The van der Waals surface area contributed by atoms with E-state index in [2.05, 4.69) is 29.6 Å². The molecule has 96 valence electrons. The van der Waals surface area contributed by atoms with E-state index in [4.69, 9.17) is 4.74 Å². The fraction of sp³-hybridized carbons (Fsp3) is 0.625. The van der Waals surface area contributed by atoms with Crippen LogP contribution >= 0.6 is 0 Å². The van der Waals surface area contributed by atoms with Crippen LogP contribution in [0.4, 0.5) is 0 Å². The monoisotopic (exact) mass is 243 g/mol. The van der Waals surface area contributed by atoms with E-state index in [0.29, 0.717) is 12.1 Å². The second-order valence-corrected chi connectivity index (χ2v) is 6.08. The molecule has 18 heavy (non-hydrogen) atoms. The molecule has 1 N–H and O–H groups in total. The molecule has 2 fully saturated rings. The molecule has 1 saturated carbocycles. The summed E-state index contributed by atoms with van der Waals surface area (Å²) < 4.78 is 5.88. The second kappa shape index (κ2) is 4.36. The van der Waals surface area contributed by atoms with E-state index in [-0.39, 0.29) is 0 Å². The first-order valence-electron chi connectivity index (χ1n) is 7.34. The normalized spacial score (nSPS) is 34.1. The zero-order valence-corrected chi connectivity index (χ0v) is 10.8. The Morgan fingerprint density at radius 1 is 1.17 bits per heavy atom. The lowest BCUT2D eigenvalue weighted by molar-refractivity contribution is 0.0808. The molecule has 0 bridgehead atoms. The first kappa shape index (κ1) is 11.0. The third-order valence-corrected chi connectivity index (χ3v) is 4.81. The SMILES string of the molecule is c1ccc2c(c1)CC2CNC1CCOC1C1CC1. The Morgan fingerprint density at radius 3 is 2.89 bits per heavy atom. The average molecular weight is 243 g/mol. The van der Waals surface area contributed by atoms with Gasteiger partial charge in [-0.05, 0) is 42.7 Å². The van der Waals surface area contributed by atoms with Crippen LogP contribution in [0.1, 0.15) is 36.3 Å². The minimum absolute atomic E-state index is 0.514. The summed E-state index contributed by atoms with van der Waals surface area (Å²) in [5.74, 6) is 1.60. The summed E-state index contributed by atoms with van der Waals surface area (Å²) in [5, 5.41) is 3.77. The van der Waals surface area contributed by atoms with Crippen molar-refractivity contribution in [3.8, 4) is 0 Å². The van der Waals surface area contributed by atoms with E-state index in [0.717, 1.165) is 25.0 Å². The minimum atomic E-state index is 0.514. The van der Waals surface area contributed by atoms with Crippen molar-refractivity contribution in [3.05, 3.63) is 35.4 Å². The van der Waals surface area contributed by atoms with Crippen molar-refractivity contribution in [3.63, 3.8) is 0 Å². The van der Waals surface area contributed by atoms with Crippen LogP contribution in [0.3, 0.4) is 0 Å². The molecule has 0 amide bonds. The molecule has 1 aliphatic heterocycles. The quantitative estimate of drug-likeness (QED) is 0.877. The molecule has 3 atom stereocenters. The van der Waals surface area contributed by atoms with Gasteiger partial charge < -0.3 is 10.1 Å². The van der Waals surface area contributed by atoms with Crippen molar-refractivity contribution in [1.82, 2.24) is 5.32 Å². The Labute approximate surface area is 109 Å². The summed E-state index contributed by atoms with van der Waals surface area (Å²) >= 11 is 0. The topological polar surface area (TPSA) is 21.3 Å². The Morgan fingerprint density at radius 2 is 2.06 bits per heavy atom. The summed E-state index contributed by atoms with van der Waals surface area (Å²) in [6, 6.07) is 9.48. The number of benzene rings is 1. The highest BCUT2D eigenvalue weighted by Crippen LogP contribution is 2.39. The maximum atomic E-state index is 5.88. The van der Waals surface area contributed by atoms with Crippen molar-refractivity contribution in [2.24, 2.45) is 5.92 Å². The summed E-state index contributed by atoms with van der Waals surface area (Å²) in [6.45, 7) is 2.09. The van der Waals surface area contributed by atoms with Crippen LogP contribution in [-0.2, 0) is 11.2 Å². The lowest BCUT2D eigenvalue weighted by Gasteiger charge is -2.32. The molecule has 4 rings (SSSR count). The van der Waals surface area contributed by atoms with Crippen molar-refractivity contribution in [1.29, 1.82) is 0 Å². The van der Waals surface area contributed by atoms with Gasteiger partial charge in [0, 0.05) is 25.1 Å². The maximum Gasteiger partial charge on any atom is 0.0756 e. The lowest BCUT2D eigenvalue weighted by atomic mass is 9.77. The first-order chi connectivity index (χ1) is 8.92. The molecule has 0 radical (unpaired) electrons. The number of rotatable bonds is 4. The van der Waals surface area contributed by atoms with Gasteiger partial charge in [-0.2, -0.15) is 0 Å². The number of hydrogen-bond acceptors (Lipinski definition) is 2. The third kappa shape index (κ3) is 1.88. The molecule has 2 heteroatoms. The van der Waals surface area contributed by atoms with E-state index >= 15 is 0 Å². The van der Waals surface area contributed by atoms with Gasteiger partial charge in [0.05, 0.1) is 6.10 Å². The molecule has 2 nitrogen and oxygen atoms in total. The van der Waals surface area contributed by atoms with Crippen LogP contribution < -0.4 is 5.32 Å².